The van der Waals surface area contributed by atoms with E-state index in [1.165, 1.54) is 18.3 Å². The van der Waals surface area contributed by atoms with Crippen LogP contribution < -0.4 is 5.32 Å². The lowest BCUT2D eigenvalue weighted by atomic mass is 10.1. The SMILES string of the molecule is CC(C)C(C)NC(=O)c1ncccc1C(=O)O. The second kappa shape index (κ2) is 5.43. The van der Waals surface area contributed by atoms with Gasteiger partial charge in [-0.15, -0.1) is 0 Å². The molecule has 5 heteroatoms. The summed E-state index contributed by atoms with van der Waals surface area (Å²) in [5.74, 6) is -1.33. The van der Waals surface area contributed by atoms with E-state index in [1.54, 1.807) is 0 Å². The molecule has 0 aliphatic rings. The monoisotopic (exact) mass is 236 g/mol. The minimum absolute atomic E-state index is 0.0360. The molecule has 0 radical (unpaired) electrons. The summed E-state index contributed by atoms with van der Waals surface area (Å²) in [7, 11) is 0. The molecule has 0 fully saturated rings. The number of amides is 1. The van der Waals surface area contributed by atoms with Crippen molar-refractivity contribution in [2.24, 2.45) is 5.92 Å². The zero-order valence-corrected chi connectivity index (χ0v) is 10.1. The third-order valence-electron chi connectivity index (χ3n) is 2.61. The van der Waals surface area contributed by atoms with Gasteiger partial charge in [0.1, 0.15) is 5.69 Å². The summed E-state index contributed by atoms with van der Waals surface area (Å²) in [6.07, 6.45) is 1.40. The van der Waals surface area contributed by atoms with Crippen LogP contribution in [-0.4, -0.2) is 28.0 Å². The molecule has 1 atom stereocenters. The lowest BCUT2D eigenvalue weighted by Crippen LogP contribution is -2.37. The number of carbonyl (C=O) groups excluding carboxylic acids is 1. The van der Waals surface area contributed by atoms with Crippen molar-refractivity contribution < 1.29 is 14.7 Å². The van der Waals surface area contributed by atoms with Gasteiger partial charge in [0.15, 0.2) is 0 Å². The topological polar surface area (TPSA) is 79.3 Å². The average molecular weight is 236 g/mol. The number of aromatic nitrogens is 1. The van der Waals surface area contributed by atoms with Crippen LogP contribution in [0.3, 0.4) is 0 Å². The van der Waals surface area contributed by atoms with Gasteiger partial charge in [0.05, 0.1) is 5.56 Å². The molecule has 1 aromatic heterocycles. The smallest absolute Gasteiger partial charge is 0.338 e. The molecule has 0 saturated carbocycles. The van der Waals surface area contributed by atoms with E-state index in [0.29, 0.717) is 0 Å². The first kappa shape index (κ1) is 13.2. The highest BCUT2D eigenvalue weighted by Gasteiger charge is 2.19. The molecule has 5 nitrogen and oxygen atoms in total. The van der Waals surface area contributed by atoms with Crippen LogP contribution in [0.15, 0.2) is 18.3 Å². The predicted octanol–water partition coefficient (Wildman–Crippen LogP) is 1.55. The largest absolute Gasteiger partial charge is 0.478 e. The van der Waals surface area contributed by atoms with Crippen LogP contribution in [0.4, 0.5) is 0 Å². The van der Waals surface area contributed by atoms with Crippen molar-refractivity contribution in [3.63, 3.8) is 0 Å². The molecule has 1 amide bonds. The number of nitrogens with zero attached hydrogens (tertiary/aromatic N) is 1. The number of rotatable bonds is 4. The third kappa shape index (κ3) is 3.27. The quantitative estimate of drug-likeness (QED) is 0.831. The van der Waals surface area contributed by atoms with Gasteiger partial charge in [-0.05, 0) is 25.0 Å². The third-order valence-corrected chi connectivity index (χ3v) is 2.61. The fraction of sp³-hybridized carbons (Fsp3) is 0.417. The highest BCUT2D eigenvalue weighted by Crippen LogP contribution is 2.07. The predicted molar refractivity (Wildman–Crippen MR) is 63.0 cm³/mol. The van der Waals surface area contributed by atoms with Gasteiger partial charge in [-0.3, -0.25) is 9.78 Å². The summed E-state index contributed by atoms with van der Waals surface area (Å²) in [6, 6.07) is 2.82. The van der Waals surface area contributed by atoms with Crippen molar-refractivity contribution in [1.82, 2.24) is 10.3 Å². The highest BCUT2D eigenvalue weighted by atomic mass is 16.4. The Bertz CT molecular complexity index is 430. The molecule has 0 bridgehead atoms. The fourth-order valence-electron chi connectivity index (χ4n) is 1.20. The molecule has 2 N–H and O–H groups in total. The molecule has 17 heavy (non-hydrogen) atoms. The summed E-state index contributed by atoms with van der Waals surface area (Å²) in [5.41, 5.74) is -0.131. The maximum atomic E-state index is 11.8. The molecule has 0 aliphatic heterocycles. The zero-order valence-electron chi connectivity index (χ0n) is 10.1. The number of carboxylic acid groups (broad SMARTS) is 1. The van der Waals surface area contributed by atoms with Crippen molar-refractivity contribution >= 4 is 11.9 Å². The van der Waals surface area contributed by atoms with Crippen molar-refractivity contribution in [3.8, 4) is 0 Å². The van der Waals surface area contributed by atoms with E-state index in [9.17, 15) is 9.59 Å². The standard InChI is InChI=1S/C12H16N2O3/c1-7(2)8(3)14-11(15)10-9(12(16)17)5-4-6-13-10/h4-8H,1-3H3,(H,14,15)(H,16,17). The van der Waals surface area contributed by atoms with Gasteiger partial charge in [0, 0.05) is 12.2 Å². The minimum atomic E-state index is -1.15. The van der Waals surface area contributed by atoms with Crippen LogP contribution in [-0.2, 0) is 0 Å². The molecule has 1 unspecified atom stereocenters. The maximum Gasteiger partial charge on any atom is 0.338 e. The molecule has 0 aliphatic carbocycles. The van der Waals surface area contributed by atoms with Gasteiger partial charge >= 0.3 is 5.97 Å². The number of carbonyl (C=O) groups is 2. The Morgan fingerprint density at radius 2 is 2.00 bits per heavy atom. The lowest BCUT2D eigenvalue weighted by Gasteiger charge is -2.17. The first-order valence-electron chi connectivity index (χ1n) is 5.42. The number of hydrogen-bond acceptors (Lipinski definition) is 3. The summed E-state index contributed by atoms with van der Waals surface area (Å²) in [5, 5.41) is 11.7. The van der Waals surface area contributed by atoms with E-state index < -0.39 is 11.9 Å². The average Bonchev–Trinajstić information content (AvgIpc) is 2.28. The normalized spacial score (nSPS) is 12.2. The number of hydrogen-bond donors (Lipinski definition) is 2. The van der Waals surface area contributed by atoms with E-state index in [1.807, 2.05) is 20.8 Å². The van der Waals surface area contributed by atoms with Crippen LogP contribution in [0.2, 0.25) is 0 Å². The Labute approximate surface area is 99.9 Å². The molecule has 0 saturated heterocycles. The van der Waals surface area contributed by atoms with E-state index >= 15 is 0 Å². The van der Waals surface area contributed by atoms with E-state index in [0.717, 1.165) is 0 Å². The van der Waals surface area contributed by atoms with Crippen LogP contribution in [0.25, 0.3) is 0 Å². The molecular weight excluding hydrogens is 220 g/mol. The van der Waals surface area contributed by atoms with E-state index in [-0.39, 0.29) is 23.2 Å². The van der Waals surface area contributed by atoms with E-state index in [4.69, 9.17) is 5.11 Å². The van der Waals surface area contributed by atoms with Gasteiger partial charge in [-0.1, -0.05) is 13.8 Å². The molecular formula is C12H16N2O3. The van der Waals surface area contributed by atoms with Gasteiger partial charge in [0.2, 0.25) is 0 Å². The molecule has 1 aromatic rings. The first-order valence-corrected chi connectivity index (χ1v) is 5.42. The summed E-state index contributed by atoms with van der Waals surface area (Å²) in [6.45, 7) is 5.81. The molecule has 1 rings (SSSR count). The second-order valence-electron chi connectivity index (χ2n) is 4.21. The molecule has 0 spiro atoms. The Balaban J connectivity index is 2.93. The minimum Gasteiger partial charge on any atom is -0.478 e. The van der Waals surface area contributed by atoms with Crippen LogP contribution in [0.1, 0.15) is 41.6 Å². The van der Waals surface area contributed by atoms with Gasteiger partial charge in [-0.25, -0.2) is 4.79 Å². The van der Waals surface area contributed by atoms with E-state index in [2.05, 4.69) is 10.3 Å². The second-order valence-corrected chi connectivity index (χ2v) is 4.21. The molecule has 0 aromatic carbocycles. The van der Waals surface area contributed by atoms with Gasteiger partial charge in [0.25, 0.3) is 5.91 Å². The van der Waals surface area contributed by atoms with Crippen molar-refractivity contribution in [1.29, 1.82) is 0 Å². The number of pyridine rings is 1. The summed E-state index contributed by atoms with van der Waals surface area (Å²) < 4.78 is 0. The Morgan fingerprint density at radius 1 is 1.35 bits per heavy atom. The molecule has 1 heterocycles. The van der Waals surface area contributed by atoms with Crippen molar-refractivity contribution in [2.75, 3.05) is 0 Å². The summed E-state index contributed by atoms with van der Waals surface area (Å²) in [4.78, 5) is 26.6. The molecule has 92 valence electrons. The number of carboxylic acids is 1. The number of aromatic carboxylic acids is 1. The Hall–Kier alpha value is -1.91. The maximum absolute atomic E-state index is 11.8. The highest BCUT2D eigenvalue weighted by molar-refractivity contribution is 6.03. The first-order chi connectivity index (χ1) is 7.93. The summed E-state index contributed by atoms with van der Waals surface area (Å²) >= 11 is 0. The van der Waals surface area contributed by atoms with Crippen LogP contribution >= 0.6 is 0 Å². The van der Waals surface area contributed by atoms with Crippen molar-refractivity contribution in [3.05, 3.63) is 29.6 Å². The van der Waals surface area contributed by atoms with Crippen LogP contribution in [0, 0.1) is 5.92 Å². The van der Waals surface area contributed by atoms with Crippen molar-refractivity contribution in [2.45, 2.75) is 26.8 Å². The Morgan fingerprint density at radius 3 is 2.53 bits per heavy atom. The zero-order chi connectivity index (χ0) is 13.0. The Kier molecular flexibility index (Phi) is 4.20. The van der Waals surface area contributed by atoms with Crippen LogP contribution in [0.5, 0.6) is 0 Å². The lowest BCUT2D eigenvalue weighted by molar-refractivity contribution is 0.0689. The fourth-order valence-corrected chi connectivity index (χ4v) is 1.20. The van der Waals surface area contributed by atoms with Gasteiger partial charge in [-0.2, -0.15) is 0 Å². The van der Waals surface area contributed by atoms with Gasteiger partial charge < -0.3 is 10.4 Å². The number of nitrogens with one attached hydrogen (secondary N) is 1.